The molecule has 5 rings (SSSR count). The largest absolute Gasteiger partial charge is 0.466 e. The molecule has 1 atom stereocenters. The highest BCUT2D eigenvalue weighted by molar-refractivity contribution is 6.06. The van der Waals surface area contributed by atoms with Crippen LogP contribution < -0.4 is 10.6 Å². The Morgan fingerprint density at radius 2 is 1.49 bits per heavy atom. The molecule has 2 aliphatic heterocycles. The molecular weight excluding hydrogens is 546 g/mol. The molecule has 2 heterocycles. The zero-order valence-corrected chi connectivity index (χ0v) is 24.6. The summed E-state index contributed by atoms with van der Waals surface area (Å²) in [5, 5.41) is 10.2. The maximum Gasteiger partial charge on any atom is 0.355 e. The summed E-state index contributed by atoms with van der Waals surface area (Å²) >= 11 is 0. The van der Waals surface area contributed by atoms with Crippen LogP contribution in [0.5, 0.6) is 0 Å². The summed E-state index contributed by atoms with van der Waals surface area (Å²) in [5.74, 6) is -2.66. The highest BCUT2D eigenvalue weighted by Crippen LogP contribution is 2.43. The van der Waals surface area contributed by atoms with Gasteiger partial charge in [0.2, 0.25) is 0 Å². The Balaban J connectivity index is 1.46. The second-order valence-electron chi connectivity index (χ2n) is 11.0. The number of allylic oxidation sites excluding steroid dienone is 1. The highest BCUT2D eigenvalue weighted by atomic mass is 16.5. The van der Waals surface area contributed by atoms with Crippen molar-refractivity contribution in [2.45, 2.75) is 44.1 Å². The van der Waals surface area contributed by atoms with E-state index in [1.807, 2.05) is 4.90 Å². The van der Waals surface area contributed by atoms with Crippen LogP contribution in [0.2, 0.25) is 0 Å². The summed E-state index contributed by atoms with van der Waals surface area (Å²) in [7, 11) is 2.41. The Morgan fingerprint density at radius 3 is 2.07 bits per heavy atom. The van der Waals surface area contributed by atoms with E-state index in [0.29, 0.717) is 35.9 Å². The number of rotatable bonds is 6. The average Bonchev–Trinajstić information content (AvgIpc) is 3.07. The molecule has 0 spiro atoms. The van der Waals surface area contributed by atoms with E-state index in [4.69, 9.17) is 15.2 Å². The number of ether oxygens (including phenoxy) is 2. The van der Waals surface area contributed by atoms with Gasteiger partial charge in [-0.1, -0.05) is 49.6 Å². The van der Waals surface area contributed by atoms with Crippen molar-refractivity contribution in [2.24, 2.45) is 5.73 Å². The normalized spacial score (nSPS) is 20.1. The third-order valence-corrected chi connectivity index (χ3v) is 8.68. The van der Waals surface area contributed by atoms with Crippen molar-refractivity contribution in [1.82, 2.24) is 9.80 Å². The lowest BCUT2D eigenvalue weighted by Gasteiger charge is -2.40. The monoisotopic (exact) mass is 583 g/mol. The topological polar surface area (TPSA) is 129 Å². The molecule has 1 aliphatic carbocycles. The van der Waals surface area contributed by atoms with Crippen molar-refractivity contribution < 1.29 is 23.9 Å². The molecule has 0 radical (unpaired) electrons. The molecule has 0 aromatic heterocycles. The van der Waals surface area contributed by atoms with E-state index in [9.17, 15) is 19.6 Å². The Morgan fingerprint density at radius 1 is 0.860 bits per heavy atom. The van der Waals surface area contributed by atoms with Crippen LogP contribution in [0.15, 0.2) is 77.3 Å². The number of anilines is 1. The molecule has 2 fully saturated rings. The fourth-order valence-electron chi connectivity index (χ4n) is 6.45. The van der Waals surface area contributed by atoms with Crippen LogP contribution in [-0.2, 0) is 19.1 Å². The molecule has 2 aromatic carbocycles. The molecule has 1 unspecified atom stereocenters. The second kappa shape index (κ2) is 13.1. The number of nitriles is 1. The predicted molar refractivity (Wildman–Crippen MR) is 160 cm³/mol. The highest BCUT2D eigenvalue weighted by Gasteiger charge is 2.43. The molecule has 3 aliphatic rings. The Kier molecular flexibility index (Phi) is 9.12. The van der Waals surface area contributed by atoms with Crippen LogP contribution in [-0.4, -0.2) is 74.1 Å². The van der Waals surface area contributed by atoms with Crippen molar-refractivity contribution in [2.75, 3.05) is 45.3 Å². The Bertz CT molecular complexity index is 1460. The molecule has 1 saturated carbocycles. The van der Waals surface area contributed by atoms with Gasteiger partial charge in [0.25, 0.3) is 5.91 Å². The lowest BCUT2D eigenvalue weighted by atomic mass is 9.81. The van der Waals surface area contributed by atoms with Crippen molar-refractivity contribution in [3.8, 4) is 6.07 Å². The van der Waals surface area contributed by atoms with Crippen molar-refractivity contribution in [3.05, 3.63) is 88.4 Å². The number of esters is 2. The van der Waals surface area contributed by atoms with Crippen LogP contribution in [0, 0.1) is 11.3 Å². The number of carbonyl (C=O) groups excluding carboxylic acids is 3. The Hall–Kier alpha value is -4.62. The first-order valence-corrected chi connectivity index (χ1v) is 14.7. The number of methoxy groups -OCH3 is 2. The molecular formula is C33H37N5O5. The minimum Gasteiger partial charge on any atom is -0.466 e. The number of hydrogen-bond acceptors (Lipinski definition) is 9. The standard InChI is InChI=1S/C33H37N5O5/c1-42-32(40)28-27(22-9-5-3-6-10-22)26(21-34)30(35)38(29(28)33(41)43-2)25-15-13-23(14-16-25)31(39)37-19-17-36(18-20-37)24-11-7-4-8-12-24/h3,5-6,9-10,13-16,24,27H,4,7-8,11-12,17-20,35H2,1-2H3. The van der Waals surface area contributed by atoms with Gasteiger partial charge in [-0.15, -0.1) is 0 Å². The van der Waals surface area contributed by atoms with E-state index in [1.54, 1.807) is 54.6 Å². The van der Waals surface area contributed by atoms with Crippen molar-refractivity contribution >= 4 is 23.5 Å². The molecule has 0 bridgehead atoms. The van der Waals surface area contributed by atoms with E-state index >= 15 is 0 Å². The Labute approximate surface area is 251 Å². The maximum absolute atomic E-state index is 13.4. The molecule has 43 heavy (non-hydrogen) atoms. The zero-order valence-electron chi connectivity index (χ0n) is 24.6. The zero-order chi connectivity index (χ0) is 30.5. The summed E-state index contributed by atoms with van der Waals surface area (Å²) < 4.78 is 10.2. The molecule has 2 aromatic rings. The number of piperazine rings is 1. The number of hydrogen-bond donors (Lipinski definition) is 1. The lowest BCUT2D eigenvalue weighted by molar-refractivity contribution is -0.139. The SMILES string of the molecule is COC(=O)C1=C(C(=O)OC)N(c2ccc(C(=O)N3CCN(C4CCCCC4)CC3)cc2)C(N)=C(C#N)C1c1ccccc1. The van der Waals surface area contributed by atoms with Gasteiger partial charge in [0.05, 0.1) is 37.4 Å². The van der Waals surface area contributed by atoms with Gasteiger partial charge in [-0.25, -0.2) is 9.59 Å². The van der Waals surface area contributed by atoms with E-state index in [-0.39, 0.29) is 28.6 Å². The summed E-state index contributed by atoms with van der Waals surface area (Å²) in [6, 6.07) is 18.2. The average molecular weight is 584 g/mol. The van der Waals surface area contributed by atoms with Crippen LogP contribution in [0.25, 0.3) is 0 Å². The first-order chi connectivity index (χ1) is 20.9. The fraction of sp³-hybridized carbons (Fsp3) is 0.394. The van der Waals surface area contributed by atoms with Crippen molar-refractivity contribution in [3.63, 3.8) is 0 Å². The smallest absolute Gasteiger partial charge is 0.355 e. The van der Waals surface area contributed by atoms with Gasteiger partial charge in [-0.3, -0.25) is 14.6 Å². The van der Waals surface area contributed by atoms with Crippen molar-refractivity contribution in [1.29, 1.82) is 5.26 Å². The molecule has 224 valence electrons. The van der Waals surface area contributed by atoms with Gasteiger partial charge < -0.3 is 20.1 Å². The van der Waals surface area contributed by atoms with Gasteiger partial charge in [-0.2, -0.15) is 5.26 Å². The summed E-state index contributed by atoms with van der Waals surface area (Å²) in [6.07, 6.45) is 6.36. The first-order valence-electron chi connectivity index (χ1n) is 14.7. The van der Waals surface area contributed by atoms with E-state index in [0.717, 1.165) is 13.1 Å². The van der Waals surface area contributed by atoms with Gasteiger partial charge in [-0.05, 0) is 42.7 Å². The maximum atomic E-state index is 13.4. The van der Waals surface area contributed by atoms with Crippen LogP contribution in [0.1, 0.15) is 53.9 Å². The molecule has 10 nitrogen and oxygen atoms in total. The first kappa shape index (κ1) is 29.9. The molecule has 2 N–H and O–H groups in total. The molecule has 1 saturated heterocycles. The molecule has 10 heteroatoms. The lowest BCUT2D eigenvalue weighted by Crippen LogP contribution is -2.52. The van der Waals surface area contributed by atoms with Gasteiger partial charge in [0.1, 0.15) is 11.5 Å². The van der Waals surface area contributed by atoms with Crippen LogP contribution in [0.4, 0.5) is 5.69 Å². The molecule has 1 amide bonds. The summed E-state index contributed by atoms with van der Waals surface area (Å²) in [5.41, 5.74) is 7.91. The minimum absolute atomic E-state index is 0.0256. The number of nitrogens with zero attached hydrogens (tertiary/aromatic N) is 4. The summed E-state index contributed by atoms with van der Waals surface area (Å²) in [6.45, 7) is 3.07. The number of benzene rings is 2. The minimum atomic E-state index is -0.947. The van der Waals surface area contributed by atoms with E-state index in [2.05, 4.69) is 11.0 Å². The second-order valence-corrected chi connectivity index (χ2v) is 11.0. The van der Waals surface area contributed by atoms with E-state index < -0.39 is 17.9 Å². The number of carbonyl (C=O) groups is 3. The quantitative estimate of drug-likeness (QED) is 0.507. The number of amides is 1. The third kappa shape index (κ3) is 5.86. The van der Waals surface area contributed by atoms with Crippen LogP contribution in [0.3, 0.4) is 0 Å². The van der Waals surface area contributed by atoms with Gasteiger partial charge >= 0.3 is 11.9 Å². The predicted octanol–water partition coefficient (Wildman–Crippen LogP) is 3.67. The van der Waals surface area contributed by atoms with E-state index in [1.165, 1.54) is 51.2 Å². The van der Waals surface area contributed by atoms with Crippen LogP contribution >= 0.6 is 0 Å². The summed E-state index contributed by atoms with van der Waals surface area (Å²) in [4.78, 5) is 45.6. The number of nitrogens with two attached hydrogens (primary N) is 1. The van der Waals surface area contributed by atoms with Gasteiger partial charge in [0.15, 0.2) is 0 Å². The fourth-order valence-corrected chi connectivity index (χ4v) is 6.45. The van der Waals surface area contributed by atoms with Gasteiger partial charge in [0, 0.05) is 43.5 Å². The third-order valence-electron chi connectivity index (χ3n) is 8.68.